The summed E-state index contributed by atoms with van der Waals surface area (Å²) in [5, 5.41) is 22.6. The molecule has 26 heavy (non-hydrogen) atoms. The van der Waals surface area contributed by atoms with E-state index in [1.54, 1.807) is 0 Å². The van der Waals surface area contributed by atoms with E-state index in [0.717, 1.165) is 5.56 Å². The molecule has 0 saturated carbocycles. The number of nitrogens with one attached hydrogen (secondary N) is 1. The number of anilines is 1. The maximum atomic E-state index is 12.3. The zero-order chi connectivity index (χ0) is 19.3. The summed E-state index contributed by atoms with van der Waals surface area (Å²) in [6, 6.07) is 13.5. The van der Waals surface area contributed by atoms with Crippen LogP contribution in [0.4, 0.5) is 11.4 Å². The van der Waals surface area contributed by atoms with Crippen molar-refractivity contribution in [3.8, 4) is 6.07 Å². The number of nitrogens with zero attached hydrogens (tertiary/aromatic N) is 2. The zero-order valence-electron chi connectivity index (χ0n) is 14.2. The number of halogens is 1. The lowest BCUT2D eigenvalue weighted by Gasteiger charge is -2.07. The van der Waals surface area contributed by atoms with Gasteiger partial charge < -0.3 is 5.32 Å². The molecule has 0 spiro atoms. The Morgan fingerprint density at radius 2 is 1.92 bits per heavy atom. The topological polar surface area (TPSA) is 96.0 Å². The lowest BCUT2D eigenvalue weighted by Crippen LogP contribution is -2.13. The average Bonchev–Trinajstić information content (AvgIpc) is 2.61. The Bertz CT molecular complexity index is 913. The number of hydrogen-bond donors (Lipinski definition) is 1. The van der Waals surface area contributed by atoms with Gasteiger partial charge in [0.25, 0.3) is 11.6 Å². The fourth-order valence-corrected chi connectivity index (χ4v) is 2.67. The molecular formula is C19H16BrN3O3. The highest BCUT2D eigenvalue weighted by atomic mass is 79.9. The molecule has 2 aromatic rings. The van der Waals surface area contributed by atoms with Crippen LogP contribution >= 0.6 is 15.9 Å². The van der Waals surface area contributed by atoms with E-state index in [1.165, 1.54) is 29.8 Å². The Morgan fingerprint density at radius 3 is 2.42 bits per heavy atom. The van der Waals surface area contributed by atoms with Gasteiger partial charge in [0.2, 0.25) is 0 Å². The van der Waals surface area contributed by atoms with Crippen LogP contribution in [0, 0.1) is 21.4 Å². The summed E-state index contributed by atoms with van der Waals surface area (Å²) in [5.41, 5.74) is 2.09. The van der Waals surface area contributed by atoms with Gasteiger partial charge in [-0.2, -0.15) is 5.26 Å². The molecular weight excluding hydrogens is 398 g/mol. The van der Waals surface area contributed by atoms with Gasteiger partial charge in [0.15, 0.2) is 0 Å². The summed E-state index contributed by atoms with van der Waals surface area (Å²) in [4.78, 5) is 22.6. The molecule has 0 radical (unpaired) electrons. The molecule has 0 fully saturated rings. The number of hydrogen-bond acceptors (Lipinski definition) is 4. The lowest BCUT2D eigenvalue weighted by molar-refractivity contribution is -0.384. The largest absolute Gasteiger partial charge is 0.320 e. The van der Waals surface area contributed by atoms with Gasteiger partial charge in [0.1, 0.15) is 11.6 Å². The van der Waals surface area contributed by atoms with Crippen molar-refractivity contribution in [2.24, 2.45) is 0 Å². The lowest BCUT2D eigenvalue weighted by atomic mass is 10.0. The number of nitriles is 1. The first-order valence-electron chi connectivity index (χ1n) is 7.79. The first-order valence-corrected chi connectivity index (χ1v) is 8.58. The van der Waals surface area contributed by atoms with Gasteiger partial charge in [-0.1, -0.05) is 38.1 Å². The summed E-state index contributed by atoms with van der Waals surface area (Å²) >= 11 is 3.18. The maximum absolute atomic E-state index is 12.3. The highest BCUT2D eigenvalue weighted by Crippen LogP contribution is 2.27. The summed E-state index contributed by atoms with van der Waals surface area (Å²) < 4.78 is 0.360. The molecule has 132 valence electrons. The number of non-ortho nitro benzene ring substituents is 1. The van der Waals surface area contributed by atoms with E-state index < -0.39 is 10.8 Å². The Hall–Kier alpha value is -2.98. The molecule has 0 aliphatic rings. The van der Waals surface area contributed by atoms with Crippen LogP contribution in [0.25, 0.3) is 6.08 Å². The number of carbonyl (C=O) groups excluding carboxylic acids is 1. The zero-order valence-corrected chi connectivity index (χ0v) is 15.8. The van der Waals surface area contributed by atoms with Crippen LogP contribution in [0.1, 0.15) is 30.9 Å². The number of benzene rings is 2. The molecule has 1 amide bonds. The van der Waals surface area contributed by atoms with Crippen molar-refractivity contribution in [1.82, 2.24) is 0 Å². The Balaban J connectivity index is 2.21. The van der Waals surface area contributed by atoms with Gasteiger partial charge in [-0.15, -0.1) is 0 Å². The third-order valence-electron chi connectivity index (χ3n) is 3.69. The second-order valence-electron chi connectivity index (χ2n) is 5.87. The van der Waals surface area contributed by atoms with Gasteiger partial charge in [0, 0.05) is 16.6 Å². The maximum Gasteiger partial charge on any atom is 0.270 e. The molecule has 2 rings (SSSR count). The normalized spacial score (nSPS) is 11.1. The van der Waals surface area contributed by atoms with E-state index >= 15 is 0 Å². The van der Waals surface area contributed by atoms with Gasteiger partial charge in [0.05, 0.1) is 10.6 Å². The standard InChI is InChI=1S/C19H16BrN3O3/c1-12(2)14-5-3-13(4-6-14)9-15(11-21)19(24)22-18-8-7-16(23(25)26)10-17(18)20/h3-10,12H,1-2H3,(H,22,24). The minimum absolute atomic E-state index is 0.0625. The molecule has 0 atom stereocenters. The molecule has 0 aromatic heterocycles. The first-order chi connectivity index (χ1) is 12.3. The molecule has 1 N–H and O–H groups in total. The number of amides is 1. The molecule has 0 aliphatic heterocycles. The number of carbonyl (C=O) groups is 1. The van der Waals surface area contributed by atoms with Crippen molar-refractivity contribution < 1.29 is 9.72 Å². The summed E-state index contributed by atoms with van der Waals surface area (Å²) in [7, 11) is 0. The van der Waals surface area contributed by atoms with Crippen molar-refractivity contribution in [3.05, 3.63) is 73.8 Å². The predicted octanol–water partition coefficient (Wildman–Crippen LogP) is 5.03. The van der Waals surface area contributed by atoms with Gasteiger partial charge in [-0.05, 0) is 45.1 Å². The molecule has 0 aliphatic carbocycles. The highest BCUT2D eigenvalue weighted by Gasteiger charge is 2.14. The van der Waals surface area contributed by atoms with Gasteiger partial charge in [-0.3, -0.25) is 14.9 Å². The van der Waals surface area contributed by atoms with Crippen LogP contribution in [0.5, 0.6) is 0 Å². The van der Waals surface area contributed by atoms with E-state index in [9.17, 15) is 20.2 Å². The van der Waals surface area contributed by atoms with Crippen LogP contribution in [0.2, 0.25) is 0 Å². The third-order valence-corrected chi connectivity index (χ3v) is 4.35. The van der Waals surface area contributed by atoms with E-state index in [2.05, 4.69) is 35.1 Å². The van der Waals surface area contributed by atoms with Crippen molar-refractivity contribution >= 4 is 39.3 Å². The number of rotatable bonds is 5. The molecule has 0 bridgehead atoms. The first kappa shape index (κ1) is 19.3. The van der Waals surface area contributed by atoms with E-state index in [-0.39, 0.29) is 11.3 Å². The monoisotopic (exact) mass is 413 g/mol. The molecule has 0 unspecified atom stereocenters. The Kier molecular flexibility index (Phi) is 6.26. The van der Waals surface area contributed by atoms with Crippen LogP contribution in [-0.4, -0.2) is 10.8 Å². The second kappa shape index (κ2) is 8.41. The van der Waals surface area contributed by atoms with Crippen LogP contribution in [0.3, 0.4) is 0 Å². The molecule has 7 heteroatoms. The average molecular weight is 414 g/mol. The predicted molar refractivity (Wildman–Crippen MR) is 104 cm³/mol. The van der Waals surface area contributed by atoms with Crippen molar-refractivity contribution in [3.63, 3.8) is 0 Å². The van der Waals surface area contributed by atoms with Crippen LogP contribution in [-0.2, 0) is 4.79 Å². The van der Waals surface area contributed by atoms with Crippen LogP contribution < -0.4 is 5.32 Å². The highest BCUT2D eigenvalue weighted by molar-refractivity contribution is 9.10. The Morgan fingerprint density at radius 1 is 1.27 bits per heavy atom. The fraction of sp³-hybridized carbons (Fsp3) is 0.158. The van der Waals surface area contributed by atoms with Gasteiger partial charge in [-0.25, -0.2) is 0 Å². The second-order valence-corrected chi connectivity index (χ2v) is 6.72. The summed E-state index contributed by atoms with van der Waals surface area (Å²) in [6.07, 6.45) is 1.50. The summed E-state index contributed by atoms with van der Waals surface area (Å²) in [6.45, 7) is 4.17. The minimum Gasteiger partial charge on any atom is -0.320 e. The molecule has 6 nitrogen and oxygen atoms in total. The third kappa shape index (κ3) is 4.77. The quantitative estimate of drug-likeness (QED) is 0.321. The smallest absolute Gasteiger partial charge is 0.270 e. The molecule has 2 aromatic carbocycles. The minimum atomic E-state index is -0.588. The van der Waals surface area contributed by atoms with Crippen molar-refractivity contribution in [2.75, 3.05) is 5.32 Å². The fourth-order valence-electron chi connectivity index (χ4n) is 2.20. The van der Waals surface area contributed by atoms with Gasteiger partial charge >= 0.3 is 0 Å². The van der Waals surface area contributed by atoms with Crippen LogP contribution in [0.15, 0.2) is 52.5 Å². The van der Waals surface area contributed by atoms with E-state index in [1.807, 2.05) is 30.3 Å². The number of nitro benzene ring substituents is 1. The van der Waals surface area contributed by atoms with Crippen molar-refractivity contribution in [1.29, 1.82) is 5.26 Å². The Labute approximate surface area is 159 Å². The number of nitro groups is 1. The molecule has 0 heterocycles. The van der Waals surface area contributed by atoms with E-state index in [4.69, 9.17) is 0 Å². The van der Waals surface area contributed by atoms with Crippen molar-refractivity contribution in [2.45, 2.75) is 19.8 Å². The summed E-state index contributed by atoms with van der Waals surface area (Å²) in [5.74, 6) is -0.193. The SMILES string of the molecule is CC(C)c1ccc(C=C(C#N)C(=O)Nc2ccc([N+](=O)[O-])cc2Br)cc1. The molecule has 0 saturated heterocycles. The van der Waals surface area contributed by atoms with E-state index in [0.29, 0.717) is 16.1 Å².